The van der Waals surface area contributed by atoms with Gasteiger partial charge >= 0.3 is 24.7 Å². The molecule has 2 atom stereocenters. The molecule has 1 aliphatic rings. The third-order valence-electron chi connectivity index (χ3n) is 4.18. The summed E-state index contributed by atoms with van der Waals surface area (Å²) in [6.07, 6.45) is -6.96. The minimum absolute atomic E-state index is 0.0608. The van der Waals surface area contributed by atoms with Gasteiger partial charge in [0.25, 0.3) is 0 Å². The van der Waals surface area contributed by atoms with E-state index in [-0.39, 0.29) is 11.4 Å². The number of ether oxygens (including phenoxy) is 2. The number of rotatable bonds is 5. The Morgan fingerprint density at radius 3 is 2.03 bits per heavy atom. The van der Waals surface area contributed by atoms with Gasteiger partial charge in [0, 0.05) is 17.0 Å². The zero-order valence-electron chi connectivity index (χ0n) is 15.3. The van der Waals surface area contributed by atoms with Crippen molar-refractivity contribution in [2.24, 2.45) is 0 Å². The zero-order valence-corrected chi connectivity index (χ0v) is 15.3. The first-order chi connectivity index (χ1) is 13.5. The number of esters is 2. The molecule has 11 heteroatoms. The van der Waals surface area contributed by atoms with Crippen LogP contribution in [0.15, 0.2) is 34.7 Å². The van der Waals surface area contributed by atoms with Crippen molar-refractivity contribution in [2.45, 2.75) is 32.5 Å². The molecular formula is C18H15F6NO4. The number of benzene rings is 1. The predicted molar refractivity (Wildman–Crippen MR) is 86.6 cm³/mol. The van der Waals surface area contributed by atoms with E-state index in [1.165, 1.54) is 13.8 Å². The summed E-state index contributed by atoms with van der Waals surface area (Å²) in [5, 5.41) is 2.58. The smallest absolute Gasteiger partial charge is 0.339 e. The van der Waals surface area contributed by atoms with E-state index in [2.05, 4.69) is 14.8 Å². The second kappa shape index (κ2) is 8.58. The maximum atomic E-state index is 14.5. The summed E-state index contributed by atoms with van der Waals surface area (Å²) in [4.78, 5) is 24.6. The van der Waals surface area contributed by atoms with E-state index in [0.717, 1.165) is 13.2 Å². The fraction of sp³-hybridized carbons (Fsp3) is 0.333. The summed E-state index contributed by atoms with van der Waals surface area (Å²) in [7, 11) is 0.971. The summed E-state index contributed by atoms with van der Waals surface area (Å²) in [6.45, 7) is 2.59. The maximum absolute atomic E-state index is 14.5. The molecule has 0 aliphatic carbocycles. The number of alkyl halides is 3. The van der Waals surface area contributed by atoms with Crippen molar-refractivity contribution in [3.05, 3.63) is 57.7 Å². The van der Waals surface area contributed by atoms with E-state index in [9.17, 15) is 35.9 Å². The quantitative estimate of drug-likeness (QED) is 0.445. The second-order valence-electron chi connectivity index (χ2n) is 5.98. The van der Waals surface area contributed by atoms with E-state index in [4.69, 9.17) is 0 Å². The fourth-order valence-electron chi connectivity index (χ4n) is 2.94. The van der Waals surface area contributed by atoms with Gasteiger partial charge in [0.15, 0.2) is 17.5 Å². The third-order valence-corrected chi connectivity index (χ3v) is 4.18. The molecule has 1 aromatic carbocycles. The summed E-state index contributed by atoms with van der Waals surface area (Å²) in [5.74, 6) is -9.61. The number of nitrogens with one attached hydrogen (secondary N) is 1. The Morgan fingerprint density at radius 1 is 0.966 bits per heavy atom. The number of carbonyl (C=O) groups is 2. The van der Waals surface area contributed by atoms with Gasteiger partial charge in [-0.2, -0.15) is 4.39 Å². The lowest BCUT2D eigenvalue weighted by atomic mass is 9.80. The largest absolute Gasteiger partial charge is 0.466 e. The summed E-state index contributed by atoms with van der Waals surface area (Å²) in [5.41, 5.74) is -1.77. The van der Waals surface area contributed by atoms with E-state index >= 15 is 0 Å². The number of allylic oxidation sites excluding steroid dienone is 2. The van der Waals surface area contributed by atoms with Crippen molar-refractivity contribution in [3.63, 3.8) is 0 Å². The van der Waals surface area contributed by atoms with E-state index < -0.39 is 64.8 Å². The molecule has 1 aliphatic heterocycles. The molecule has 158 valence electrons. The molecule has 0 saturated carbocycles. The Kier molecular flexibility index (Phi) is 6.60. The topological polar surface area (TPSA) is 64.6 Å². The first-order valence-corrected chi connectivity index (χ1v) is 8.04. The first kappa shape index (κ1) is 22.3. The van der Waals surface area contributed by atoms with Crippen LogP contribution >= 0.6 is 0 Å². The van der Waals surface area contributed by atoms with Crippen LogP contribution in [-0.4, -0.2) is 31.8 Å². The van der Waals surface area contributed by atoms with Gasteiger partial charge in [0.2, 0.25) is 0 Å². The standard InChI is InChI=1S/C18H15F6NO4/c1-6-10(17(26)28-3)12(8-4-5-9(19)14(21)13(8)20)11(7(2)25-6)18(27)29-16(24)15(22)23/h4-5,12,15-16,25H,1-3H3. The predicted octanol–water partition coefficient (Wildman–Crippen LogP) is 3.62. The highest BCUT2D eigenvalue weighted by Crippen LogP contribution is 2.41. The monoisotopic (exact) mass is 423 g/mol. The number of dihydropyridines is 1. The van der Waals surface area contributed by atoms with Gasteiger partial charge in [-0.3, -0.25) is 0 Å². The average Bonchev–Trinajstić information content (AvgIpc) is 2.65. The molecule has 0 aromatic heterocycles. The molecule has 29 heavy (non-hydrogen) atoms. The maximum Gasteiger partial charge on any atom is 0.339 e. The molecular weight excluding hydrogens is 408 g/mol. The molecule has 0 fully saturated rings. The average molecular weight is 423 g/mol. The van der Waals surface area contributed by atoms with Crippen LogP contribution in [0.25, 0.3) is 0 Å². The van der Waals surface area contributed by atoms with Gasteiger partial charge in [-0.05, 0) is 19.9 Å². The molecule has 5 nitrogen and oxygen atoms in total. The van der Waals surface area contributed by atoms with E-state index in [1.54, 1.807) is 0 Å². The van der Waals surface area contributed by atoms with Crippen LogP contribution in [0.4, 0.5) is 26.3 Å². The molecule has 1 aromatic rings. The van der Waals surface area contributed by atoms with Gasteiger partial charge in [0.05, 0.1) is 24.2 Å². The Hall–Kier alpha value is -2.98. The molecule has 0 bridgehead atoms. The van der Waals surface area contributed by atoms with Crippen molar-refractivity contribution < 1.29 is 45.4 Å². The van der Waals surface area contributed by atoms with Crippen molar-refractivity contribution in [3.8, 4) is 0 Å². The number of hydrogen-bond acceptors (Lipinski definition) is 5. The minimum atomic E-state index is -3.66. The highest BCUT2D eigenvalue weighted by molar-refractivity contribution is 5.99. The van der Waals surface area contributed by atoms with Crippen LogP contribution in [0.2, 0.25) is 0 Å². The Balaban J connectivity index is 2.70. The van der Waals surface area contributed by atoms with Crippen LogP contribution in [0.1, 0.15) is 25.3 Å². The molecule has 1 heterocycles. The van der Waals surface area contributed by atoms with Crippen LogP contribution in [-0.2, 0) is 19.1 Å². The summed E-state index contributed by atoms with van der Waals surface area (Å²) >= 11 is 0. The number of hydrogen-bond donors (Lipinski definition) is 1. The van der Waals surface area contributed by atoms with E-state index in [1.807, 2.05) is 0 Å². The van der Waals surface area contributed by atoms with Crippen molar-refractivity contribution in [1.29, 1.82) is 0 Å². The van der Waals surface area contributed by atoms with Crippen molar-refractivity contribution in [2.75, 3.05) is 7.11 Å². The number of methoxy groups -OCH3 is 1. The molecule has 0 saturated heterocycles. The molecule has 2 unspecified atom stereocenters. The number of halogens is 6. The van der Waals surface area contributed by atoms with Gasteiger partial charge in [-0.25, -0.2) is 31.5 Å². The van der Waals surface area contributed by atoms with Crippen LogP contribution in [0, 0.1) is 17.5 Å². The highest BCUT2D eigenvalue weighted by Gasteiger charge is 2.41. The molecule has 0 amide bonds. The Labute approximate surface area is 161 Å². The first-order valence-electron chi connectivity index (χ1n) is 8.04. The van der Waals surface area contributed by atoms with Gasteiger partial charge in [0.1, 0.15) is 0 Å². The summed E-state index contributed by atoms with van der Waals surface area (Å²) in [6, 6.07) is 1.32. The van der Waals surface area contributed by atoms with E-state index in [0.29, 0.717) is 6.07 Å². The third kappa shape index (κ3) is 4.22. The highest BCUT2D eigenvalue weighted by atomic mass is 19.3. The molecule has 0 spiro atoms. The van der Waals surface area contributed by atoms with Crippen molar-refractivity contribution >= 4 is 11.9 Å². The lowest BCUT2D eigenvalue weighted by Gasteiger charge is -2.30. The lowest BCUT2D eigenvalue weighted by Crippen LogP contribution is -2.34. The van der Waals surface area contributed by atoms with Crippen molar-refractivity contribution in [1.82, 2.24) is 5.32 Å². The number of carbonyl (C=O) groups excluding carboxylic acids is 2. The van der Waals surface area contributed by atoms with Gasteiger partial charge < -0.3 is 14.8 Å². The van der Waals surface area contributed by atoms with Gasteiger partial charge in [-0.15, -0.1) is 0 Å². The SMILES string of the molecule is COC(=O)C1=C(C)NC(C)=C(C(=O)OC(F)C(F)F)C1c1ccc(F)c(F)c1F. The fourth-order valence-corrected chi connectivity index (χ4v) is 2.94. The van der Waals surface area contributed by atoms with Crippen LogP contribution < -0.4 is 5.32 Å². The second-order valence-corrected chi connectivity index (χ2v) is 5.98. The summed E-state index contributed by atoms with van der Waals surface area (Å²) < 4.78 is 88.4. The van der Waals surface area contributed by atoms with Gasteiger partial charge in [-0.1, -0.05) is 6.07 Å². The lowest BCUT2D eigenvalue weighted by molar-refractivity contribution is -0.169. The zero-order chi connectivity index (χ0) is 22.0. The normalized spacial score (nSPS) is 17.9. The molecule has 1 N–H and O–H groups in total. The molecule has 2 rings (SSSR count). The molecule has 0 radical (unpaired) electrons. The van der Waals surface area contributed by atoms with Crippen LogP contribution in [0.5, 0.6) is 0 Å². The van der Waals surface area contributed by atoms with Crippen LogP contribution in [0.3, 0.4) is 0 Å². The Morgan fingerprint density at radius 2 is 1.52 bits per heavy atom. The minimum Gasteiger partial charge on any atom is -0.466 e. The Bertz CT molecular complexity index is 912.